The molecule has 0 aliphatic carbocycles. The molecule has 0 aliphatic rings. The Morgan fingerprint density at radius 3 is 2.79 bits per heavy atom. The van der Waals surface area contributed by atoms with Gasteiger partial charge in [0.15, 0.2) is 0 Å². The maximum absolute atomic E-state index is 10.4. The van der Waals surface area contributed by atoms with Gasteiger partial charge >= 0.3 is 5.97 Å². The van der Waals surface area contributed by atoms with Gasteiger partial charge in [0, 0.05) is 10.5 Å². The van der Waals surface area contributed by atoms with E-state index in [4.69, 9.17) is 10.8 Å². The number of benzene rings is 1. The fraction of sp³-hybridized carbons (Fsp3) is 0.300. The van der Waals surface area contributed by atoms with Crippen molar-refractivity contribution in [3.05, 3.63) is 33.8 Å². The molecule has 0 heterocycles. The first-order valence-electron chi connectivity index (χ1n) is 4.24. The summed E-state index contributed by atoms with van der Waals surface area (Å²) in [5.41, 5.74) is 7.63. The van der Waals surface area contributed by atoms with Gasteiger partial charge in [0.05, 0.1) is 6.42 Å². The third kappa shape index (κ3) is 2.82. The van der Waals surface area contributed by atoms with Crippen molar-refractivity contribution in [3.8, 4) is 0 Å². The molecule has 0 aromatic heterocycles. The van der Waals surface area contributed by atoms with Crippen LogP contribution in [0, 0.1) is 6.92 Å². The summed E-state index contributed by atoms with van der Waals surface area (Å²) >= 11 is 3.37. The van der Waals surface area contributed by atoms with Crippen LogP contribution in [0.1, 0.15) is 23.6 Å². The number of carboxylic acids is 1. The largest absolute Gasteiger partial charge is 0.481 e. The van der Waals surface area contributed by atoms with E-state index in [1.165, 1.54) is 0 Å². The summed E-state index contributed by atoms with van der Waals surface area (Å²) in [5, 5.41) is 8.58. The van der Waals surface area contributed by atoms with Crippen molar-refractivity contribution in [2.24, 2.45) is 5.73 Å². The van der Waals surface area contributed by atoms with E-state index in [0.717, 1.165) is 15.6 Å². The summed E-state index contributed by atoms with van der Waals surface area (Å²) in [7, 11) is 0. The minimum Gasteiger partial charge on any atom is -0.481 e. The van der Waals surface area contributed by atoms with Gasteiger partial charge in [0.2, 0.25) is 0 Å². The zero-order valence-corrected chi connectivity index (χ0v) is 9.41. The van der Waals surface area contributed by atoms with Crippen LogP contribution in [-0.4, -0.2) is 11.1 Å². The number of rotatable bonds is 3. The highest BCUT2D eigenvalue weighted by molar-refractivity contribution is 9.10. The predicted molar refractivity (Wildman–Crippen MR) is 58.1 cm³/mol. The van der Waals surface area contributed by atoms with Gasteiger partial charge in [0.1, 0.15) is 0 Å². The molecule has 0 bridgehead atoms. The first-order chi connectivity index (χ1) is 6.50. The number of carbonyl (C=O) groups is 1. The third-order valence-electron chi connectivity index (χ3n) is 2.00. The van der Waals surface area contributed by atoms with Crippen LogP contribution in [0.5, 0.6) is 0 Å². The molecule has 3 nitrogen and oxygen atoms in total. The summed E-state index contributed by atoms with van der Waals surface area (Å²) in [6.07, 6.45) is -0.0406. The van der Waals surface area contributed by atoms with E-state index in [0.29, 0.717) is 0 Å². The molecule has 1 aromatic rings. The lowest BCUT2D eigenvalue weighted by Gasteiger charge is -2.10. The quantitative estimate of drug-likeness (QED) is 0.873. The molecule has 0 aliphatic heterocycles. The van der Waals surface area contributed by atoms with Crippen molar-refractivity contribution in [3.63, 3.8) is 0 Å². The molecule has 0 saturated carbocycles. The van der Waals surface area contributed by atoms with Gasteiger partial charge in [-0.1, -0.05) is 28.1 Å². The molecule has 0 fully saturated rings. The highest BCUT2D eigenvalue weighted by Gasteiger charge is 2.10. The smallest absolute Gasteiger partial charge is 0.305 e. The van der Waals surface area contributed by atoms with Crippen molar-refractivity contribution < 1.29 is 9.90 Å². The van der Waals surface area contributed by atoms with Crippen LogP contribution in [-0.2, 0) is 4.79 Å². The number of halogens is 1. The Bertz CT molecular complexity index is 352. The Morgan fingerprint density at radius 1 is 1.64 bits per heavy atom. The maximum atomic E-state index is 10.4. The summed E-state index contributed by atoms with van der Waals surface area (Å²) in [6.45, 7) is 1.95. The molecule has 0 unspecified atom stereocenters. The first kappa shape index (κ1) is 11.2. The average Bonchev–Trinajstić information content (AvgIpc) is 2.08. The van der Waals surface area contributed by atoms with Gasteiger partial charge in [-0.3, -0.25) is 4.79 Å². The van der Waals surface area contributed by atoms with Crippen LogP contribution < -0.4 is 5.73 Å². The first-order valence-corrected chi connectivity index (χ1v) is 5.03. The van der Waals surface area contributed by atoms with Crippen LogP contribution in [0.2, 0.25) is 0 Å². The average molecular weight is 258 g/mol. The number of aliphatic carboxylic acids is 1. The predicted octanol–water partition coefficient (Wildman–Crippen LogP) is 2.23. The van der Waals surface area contributed by atoms with E-state index in [1.807, 2.05) is 25.1 Å². The van der Waals surface area contributed by atoms with Crippen LogP contribution in [0.3, 0.4) is 0 Å². The Labute approximate surface area is 91.1 Å². The van der Waals surface area contributed by atoms with Crippen LogP contribution in [0.15, 0.2) is 22.7 Å². The van der Waals surface area contributed by atoms with E-state index in [9.17, 15) is 4.79 Å². The lowest BCUT2D eigenvalue weighted by Crippen LogP contribution is -2.15. The molecule has 76 valence electrons. The highest BCUT2D eigenvalue weighted by Crippen LogP contribution is 2.21. The number of hydrogen-bond acceptors (Lipinski definition) is 2. The normalized spacial score (nSPS) is 12.5. The SMILES string of the molecule is Cc1cc([C@@H](N)CC(=O)O)ccc1Br. The van der Waals surface area contributed by atoms with Gasteiger partial charge in [-0.05, 0) is 24.1 Å². The second-order valence-electron chi connectivity index (χ2n) is 3.21. The van der Waals surface area contributed by atoms with Crippen molar-refractivity contribution in [2.75, 3.05) is 0 Å². The van der Waals surface area contributed by atoms with E-state index < -0.39 is 12.0 Å². The Kier molecular flexibility index (Phi) is 3.66. The number of nitrogens with two attached hydrogens (primary N) is 1. The van der Waals surface area contributed by atoms with E-state index >= 15 is 0 Å². The topological polar surface area (TPSA) is 63.3 Å². The van der Waals surface area contributed by atoms with Gasteiger partial charge < -0.3 is 10.8 Å². The summed E-state index contributed by atoms with van der Waals surface area (Å²) in [6, 6.07) is 5.19. The molecular weight excluding hydrogens is 246 g/mol. The molecule has 1 rings (SSSR count). The van der Waals surface area contributed by atoms with Crippen molar-refractivity contribution in [1.82, 2.24) is 0 Å². The minimum atomic E-state index is -0.877. The zero-order valence-electron chi connectivity index (χ0n) is 7.83. The Balaban J connectivity index is 2.85. The molecule has 0 spiro atoms. The number of aryl methyl sites for hydroxylation is 1. The standard InChI is InChI=1S/C10H12BrNO2/c1-6-4-7(2-3-8(6)11)9(12)5-10(13)14/h2-4,9H,5,12H2,1H3,(H,13,14)/t9-/m0/s1. The molecule has 14 heavy (non-hydrogen) atoms. The van der Waals surface area contributed by atoms with Crippen molar-refractivity contribution in [1.29, 1.82) is 0 Å². The molecule has 0 saturated heterocycles. The fourth-order valence-corrected chi connectivity index (χ4v) is 1.45. The van der Waals surface area contributed by atoms with Crippen molar-refractivity contribution >= 4 is 21.9 Å². The second-order valence-corrected chi connectivity index (χ2v) is 4.07. The molecular formula is C10H12BrNO2. The van der Waals surface area contributed by atoms with E-state index in [1.54, 1.807) is 0 Å². The maximum Gasteiger partial charge on any atom is 0.305 e. The molecule has 1 atom stereocenters. The summed E-state index contributed by atoms with van der Waals surface area (Å²) in [5.74, 6) is -0.877. The monoisotopic (exact) mass is 257 g/mol. The number of hydrogen-bond donors (Lipinski definition) is 2. The van der Waals surface area contributed by atoms with Crippen LogP contribution in [0.4, 0.5) is 0 Å². The van der Waals surface area contributed by atoms with Gasteiger partial charge in [-0.25, -0.2) is 0 Å². The highest BCUT2D eigenvalue weighted by atomic mass is 79.9. The summed E-state index contributed by atoms with van der Waals surface area (Å²) in [4.78, 5) is 10.4. The lowest BCUT2D eigenvalue weighted by molar-refractivity contribution is -0.137. The summed E-state index contributed by atoms with van der Waals surface area (Å²) < 4.78 is 1.00. The molecule has 0 radical (unpaired) electrons. The third-order valence-corrected chi connectivity index (χ3v) is 2.89. The number of carboxylic acid groups (broad SMARTS) is 1. The molecule has 0 amide bonds. The fourth-order valence-electron chi connectivity index (χ4n) is 1.20. The zero-order chi connectivity index (χ0) is 10.7. The van der Waals surface area contributed by atoms with Crippen molar-refractivity contribution in [2.45, 2.75) is 19.4 Å². The van der Waals surface area contributed by atoms with Gasteiger partial charge in [-0.2, -0.15) is 0 Å². The second kappa shape index (κ2) is 4.57. The van der Waals surface area contributed by atoms with Crippen LogP contribution >= 0.6 is 15.9 Å². The Morgan fingerprint density at radius 2 is 2.29 bits per heavy atom. The minimum absolute atomic E-state index is 0.0406. The van der Waals surface area contributed by atoms with E-state index in [2.05, 4.69) is 15.9 Å². The molecule has 3 N–H and O–H groups in total. The Hall–Kier alpha value is -0.870. The molecule has 4 heteroatoms. The molecule has 1 aromatic carbocycles. The van der Waals surface area contributed by atoms with Gasteiger partial charge in [0.25, 0.3) is 0 Å². The van der Waals surface area contributed by atoms with E-state index in [-0.39, 0.29) is 6.42 Å². The van der Waals surface area contributed by atoms with Gasteiger partial charge in [-0.15, -0.1) is 0 Å². The lowest BCUT2D eigenvalue weighted by atomic mass is 10.0. The van der Waals surface area contributed by atoms with Crippen LogP contribution in [0.25, 0.3) is 0 Å².